The van der Waals surface area contributed by atoms with Gasteiger partial charge in [-0.25, -0.2) is 0 Å². The van der Waals surface area contributed by atoms with Crippen molar-refractivity contribution in [1.82, 2.24) is 0 Å². The Morgan fingerprint density at radius 1 is 0.917 bits per heavy atom. The summed E-state index contributed by atoms with van der Waals surface area (Å²) in [6.07, 6.45) is 2.55. The van der Waals surface area contributed by atoms with Crippen LogP contribution >= 0.6 is 23.2 Å². The van der Waals surface area contributed by atoms with Gasteiger partial charge in [-0.3, -0.25) is 9.59 Å². The molecule has 0 atom stereocenters. The quantitative estimate of drug-likeness (QED) is 0.400. The average molecular weight is 205 g/mol. The normalized spacial score (nSPS) is 9.83. The van der Waals surface area contributed by atoms with Gasteiger partial charge in [0.2, 0.25) is 0 Å². The van der Waals surface area contributed by atoms with Crippen molar-refractivity contribution in [2.75, 3.05) is 0 Å². The van der Waals surface area contributed by atoms with Gasteiger partial charge < -0.3 is 0 Å². The van der Waals surface area contributed by atoms with Crippen LogP contribution in [0.4, 0.5) is 0 Å². The summed E-state index contributed by atoms with van der Waals surface area (Å²) in [6.45, 7) is 6.64. The predicted molar refractivity (Wildman–Crippen MR) is 49.1 cm³/mol. The molecule has 0 N–H and O–H groups in total. The maximum atomic E-state index is 10.4. The Balaban J connectivity index is 4.26. The van der Waals surface area contributed by atoms with E-state index < -0.39 is 10.5 Å². The van der Waals surface area contributed by atoms with E-state index in [-0.39, 0.29) is 11.1 Å². The molecule has 0 rings (SSSR count). The van der Waals surface area contributed by atoms with Crippen LogP contribution in [0.2, 0.25) is 0 Å². The van der Waals surface area contributed by atoms with Crippen LogP contribution in [0.15, 0.2) is 36.5 Å². The monoisotopic (exact) mass is 204 g/mol. The molecular formula is C8H6Cl2O2. The van der Waals surface area contributed by atoms with E-state index in [2.05, 4.69) is 13.2 Å². The van der Waals surface area contributed by atoms with Gasteiger partial charge in [-0.1, -0.05) is 13.2 Å². The van der Waals surface area contributed by atoms with Crippen LogP contribution in [0, 0.1) is 0 Å². The smallest absolute Gasteiger partial charge is 0.251 e. The maximum Gasteiger partial charge on any atom is 0.251 e. The summed E-state index contributed by atoms with van der Waals surface area (Å²) in [4.78, 5) is 20.8. The van der Waals surface area contributed by atoms with Crippen LogP contribution in [0.25, 0.3) is 0 Å². The van der Waals surface area contributed by atoms with Crippen LogP contribution in [-0.4, -0.2) is 10.5 Å². The van der Waals surface area contributed by atoms with E-state index in [1.807, 2.05) is 0 Å². The van der Waals surface area contributed by atoms with Gasteiger partial charge in [0.15, 0.2) is 0 Å². The van der Waals surface area contributed by atoms with Crippen molar-refractivity contribution in [2.45, 2.75) is 0 Å². The number of halogens is 2. The second-order valence-corrected chi connectivity index (χ2v) is 2.62. The first-order valence-electron chi connectivity index (χ1n) is 2.90. The first kappa shape index (κ1) is 11.1. The van der Waals surface area contributed by atoms with Crippen molar-refractivity contribution in [3.63, 3.8) is 0 Å². The van der Waals surface area contributed by atoms with Gasteiger partial charge in [0, 0.05) is 11.1 Å². The molecule has 0 heterocycles. The SMILES string of the molecule is C=C(/C=C\C(=C)C(=O)Cl)C(=O)Cl. The number of carbonyl (C=O) groups is 2. The van der Waals surface area contributed by atoms with Gasteiger partial charge in [-0.2, -0.15) is 0 Å². The molecule has 2 nitrogen and oxygen atoms in total. The lowest BCUT2D eigenvalue weighted by Crippen LogP contribution is -1.89. The first-order chi connectivity index (χ1) is 5.45. The van der Waals surface area contributed by atoms with E-state index in [0.717, 1.165) is 0 Å². The Bertz CT molecular complexity index is 249. The summed E-state index contributed by atoms with van der Waals surface area (Å²) in [5.41, 5.74) is 0.159. The van der Waals surface area contributed by atoms with Crippen LogP contribution in [0.5, 0.6) is 0 Å². The molecule has 0 aromatic heterocycles. The zero-order valence-corrected chi connectivity index (χ0v) is 7.65. The Kier molecular flexibility index (Phi) is 4.55. The molecule has 64 valence electrons. The lowest BCUT2D eigenvalue weighted by molar-refractivity contribution is -0.109. The zero-order chi connectivity index (χ0) is 9.72. The lowest BCUT2D eigenvalue weighted by atomic mass is 10.2. The molecule has 0 radical (unpaired) electrons. The van der Waals surface area contributed by atoms with Gasteiger partial charge in [0.05, 0.1) is 0 Å². The van der Waals surface area contributed by atoms with Crippen molar-refractivity contribution in [2.24, 2.45) is 0 Å². The maximum absolute atomic E-state index is 10.4. The number of allylic oxidation sites excluding steroid dienone is 4. The second kappa shape index (κ2) is 4.91. The molecule has 0 saturated heterocycles. The second-order valence-electron chi connectivity index (χ2n) is 1.93. The van der Waals surface area contributed by atoms with Gasteiger partial charge in [-0.05, 0) is 35.4 Å². The van der Waals surface area contributed by atoms with Gasteiger partial charge in [0.25, 0.3) is 10.5 Å². The van der Waals surface area contributed by atoms with E-state index >= 15 is 0 Å². The summed E-state index contributed by atoms with van der Waals surface area (Å²) < 4.78 is 0. The predicted octanol–water partition coefficient (Wildman–Crippen LogP) is 2.19. The van der Waals surface area contributed by atoms with Crippen LogP contribution in [0.3, 0.4) is 0 Å². The third-order valence-electron chi connectivity index (χ3n) is 0.991. The fourth-order valence-electron chi connectivity index (χ4n) is 0.332. The number of carbonyl (C=O) groups excluding carboxylic acids is 2. The molecular weight excluding hydrogens is 199 g/mol. The topological polar surface area (TPSA) is 34.1 Å². The Hall–Kier alpha value is -0.860. The van der Waals surface area contributed by atoms with E-state index in [4.69, 9.17) is 23.2 Å². The number of hydrogen-bond donors (Lipinski definition) is 0. The molecule has 4 heteroatoms. The summed E-state index contributed by atoms with van der Waals surface area (Å²) in [5, 5.41) is -1.36. The molecule has 0 bridgehead atoms. The zero-order valence-electron chi connectivity index (χ0n) is 6.14. The highest BCUT2D eigenvalue weighted by atomic mass is 35.5. The van der Waals surface area contributed by atoms with Crippen molar-refractivity contribution in [1.29, 1.82) is 0 Å². The number of rotatable bonds is 4. The molecule has 12 heavy (non-hydrogen) atoms. The van der Waals surface area contributed by atoms with E-state index in [0.29, 0.717) is 0 Å². The molecule has 0 aliphatic heterocycles. The standard InChI is InChI=1S/C8H6Cl2O2/c1-5(7(9)11)3-4-6(2)8(10)12/h3-4H,1-2H2/b4-3-. The lowest BCUT2D eigenvalue weighted by Gasteiger charge is -1.90. The highest BCUT2D eigenvalue weighted by Gasteiger charge is 2.00. The van der Waals surface area contributed by atoms with Crippen LogP contribution in [-0.2, 0) is 9.59 Å². The molecule has 0 aromatic carbocycles. The minimum Gasteiger partial charge on any atom is -0.276 e. The highest BCUT2D eigenvalue weighted by Crippen LogP contribution is 2.04. The molecule has 0 aromatic rings. The summed E-state index contributed by atoms with van der Waals surface area (Å²) >= 11 is 10.1. The van der Waals surface area contributed by atoms with Gasteiger partial charge >= 0.3 is 0 Å². The van der Waals surface area contributed by atoms with Crippen molar-refractivity contribution in [3.05, 3.63) is 36.5 Å². The highest BCUT2D eigenvalue weighted by molar-refractivity contribution is 6.68. The van der Waals surface area contributed by atoms with Crippen LogP contribution in [0.1, 0.15) is 0 Å². The fourth-order valence-corrected chi connectivity index (χ4v) is 0.458. The third kappa shape index (κ3) is 4.11. The summed E-state index contributed by atoms with van der Waals surface area (Å²) in [6, 6.07) is 0. The van der Waals surface area contributed by atoms with E-state index in [1.54, 1.807) is 0 Å². The molecule has 0 saturated carbocycles. The molecule has 0 fully saturated rings. The Labute approximate surface area is 80.2 Å². The van der Waals surface area contributed by atoms with E-state index in [1.165, 1.54) is 12.2 Å². The summed E-state index contributed by atoms with van der Waals surface area (Å²) in [5.74, 6) is 0. The minimum absolute atomic E-state index is 0.0794. The number of hydrogen-bond acceptors (Lipinski definition) is 2. The molecule has 0 unspecified atom stereocenters. The van der Waals surface area contributed by atoms with Crippen molar-refractivity contribution >= 4 is 33.7 Å². The Morgan fingerprint density at radius 2 is 1.17 bits per heavy atom. The summed E-state index contributed by atoms with van der Waals surface area (Å²) in [7, 11) is 0. The van der Waals surface area contributed by atoms with E-state index in [9.17, 15) is 9.59 Å². The van der Waals surface area contributed by atoms with Gasteiger partial charge in [-0.15, -0.1) is 0 Å². The third-order valence-corrected chi connectivity index (χ3v) is 1.48. The fraction of sp³-hybridized carbons (Fsp3) is 0. The average Bonchev–Trinajstić information content (AvgIpc) is 1.98. The molecule has 0 aliphatic rings. The molecule has 0 amide bonds. The van der Waals surface area contributed by atoms with Crippen molar-refractivity contribution < 1.29 is 9.59 Å². The van der Waals surface area contributed by atoms with Crippen molar-refractivity contribution in [3.8, 4) is 0 Å². The molecule has 0 spiro atoms. The van der Waals surface area contributed by atoms with Crippen LogP contribution < -0.4 is 0 Å². The minimum atomic E-state index is -0.680. The first-order valence-corrected chi connectivity index (χ1v) is 3.66. The Morgan fingerprint density at radius 3 is 1.33 bits per heavy atom. The molecule has 0 aliphatic carbocycles. The van der Waals surface area contributed by atoms with Gasteiger partial charge in [0.1, 0.15) is 0 Å². The largest absolute Gasteiger partial charge is 0.276 e.